The van der Waals surface area contributed by atoms with Crippen LogP contribution in [-0.4, -0.2) is 60.4 Å². The number of carbonyl (C=O) groups is 1. The maximum atomic E-state index is 14.5. The Balaban J connectivity index is 1.83. The molecule has 36 heavy (non-hydrogen) atoms. The highest BCUT2D eigenvalue weighted by Crippen LogP contribution is 2.49. The van der Waals surface area contributed by atoms with Gasteiger partial charge in [-0.1, -0.05) is 0 Å². The van der Waals surface area contributed by atoms with Crippen molar-refractivity contribution in [2.45, 2.75) is 43.3 Å². The van der Waals surface area contributed by atoms with Crippen LogP contribution >= 0.6 is 0 Å². The third-order valence-corrected chi connectivity index (χ3v) is 5.87. The van der Waals surface area contributed by atoms with E-state index in [-0.39, 0.29) is 16.7 Å². The number of nitrogen functional groups attached to an aromatic ring is 1. The van der Waals surface area contributed by atoms with Gasteiger partial charge in [-0.05, 0) is 13.0 Å². The van der Waals surface area contributed by atoms with Crippen molar-refractivity contribution in [1.29, 1.82) is 0 Å². The highest BCUT2D eigenvalue weighted by Gasteiger charge is 2.62. The summed E-state index contributed by atoms with van der Waals surface area (Å²) in [5.41, 5.74) is 1.97. The van der Waals surface area contributed by atoms with Crippen LogP contribution in [0.25, 0.3) is 22.6 Å². The van der Waals surface area contributed by atoms with Crippen molar-refractivity contribution in [3.8, 4) is 11.5 Å². The van der Waals surface area contributed by atoms with Crippen LogP contribution < -0.4 is 11.1 Å². The predicted molar refractivity (Wildman–Crippen MR) is 107 cm³/mol. The van der Waals surface area contributed by atoms with Crippen LogP contribution in [0, 0.1) is 5.82 Å². The first-order valence-electron chi connectivity index (χ1n) is 9.98. The monoisotopic (exact) mass is 525 g/mol. The fraction of sp³-hybridized carbons (Fsp3) is 0.421. The Labute approximate surface area is 195 Å². The zero-order valence-electron chi connectivity index (χ0n) is 18.0. The largest absolute Gasteiger partial charge is 0.453 e. The summed E-state index contributed by atoms with van der Waals surface area (Å²) in [6.45, 7) is -1.90. The molecule has 4 rings (SSSR count). The molecule has 4 heterocycles. The maximum Gasteiger partial charge on any atom is 0.453 e. The van der Waals surface area contributed by atoms with Gasteiger partial charge >= 0.3 is 12.1 Å². The summed E-state index contributed by atoms with van der Waals surface area (Å²) < 4.78 is 108. The van der Waals surface area contributed by atoms with Crippen molar-refractivity contribution in [2.75, 3.05) is 17.7 Å². The molecular formula is C19H15F8N7O2. The van der Waals surface area contributed by atoms with Crippen LogP contribution in [0.5, 0.6) is 0 Å². The molecule has 0 saturated heterocycles. The van der Waals surface area contributed by atoms with Crippen LogP contribution in [-0.2, 0) is 16.8 Å². The minimum absolute atomic E-state index is 0.211. The first kappa shape index (κ1) is 25.5. The number of anilines is 2. The normalized spacial score (nSPS) is 18.6. The summed E-state index contributed by atoms with van der Waals surface area (Å²) >= 11 is 0. The Morgan fingerprint density at radius 1 is 1.17 bits per heavy atom. The third kappa shape index (κ3) is 3.68. The van der Waals surface area contributed by atoms with Crippen LogP contribution in [0.4, 0.5) is 46.8 Å². The van der Waals surface area contributed by atoms with E-state index in [1.807, 2.05) is 0 Å². The lowest BCUT2D eigenvalue weighted by Gasteiger charge is -2.30. The number of nitrogens with one attached hydrogen (secondary N) is 1. The Morgan fingerprint density at radius 2 is 1.83 bits per heavy atom. The standard InChI is InChI=1S/C19H15F8N7O2/c1-16(18(23,24)6-35)9-11(28)30-13(31-12(9)32-15(16)36)10-8-4-7(20)5-29-14(8)34(33-10)3-2-17(21,22)19(25,26)27/h4-5,35H,2-3,6H2,1H3,(H3,28,30,31,32,36). The molecule has 194 valence electrons. The molecule has 1 amide bonds. The van der Waals surface area contributed by atoms with E-state index >= 15 is 0 Å². The fourth-order valence-electron chi connectivity index (χ4n) is 3.76. The molecule has 9 nitrogen and oxygen atoms in total. The van der Waals surface area contributed by atoms with Crippen molar-refractivity contribution in [3.63, 3.8) is 0 Å². The third-order valence-electron chi connectivity index (χ3n) is 5.87. The summed E-state index contributed by atoms with van der Waals surface area (Å²) in [4.78, 5) is 23.9. The van der Waals surface area contributed by atoms with E-state index in [2.05, 4.69) is 25.4 Å². The molecule has 17 heteroatoms. The number of aryl methyl sites for hydroxylation is 1. The SMILES string of the molecule is CC1(C(F)(F)CO)C(=O)Nc2nc(-c3nn(CCC(F)(F)C(F)(F)F)c4ncc(F)cc34)nc(N)c21. The molecule has 1 aliphatic rings. The fourth-order valence-corrected chi connectivity index (χ4v) is 3.76. The average Bonchev–Trinajstić information content (AvgIpc) is 3.26. The van der Waals surface area contributed by atoms with Gasteiger partial charge in [0.2, 0.25) is 5.91 Å². The highest BCUT2D eigenvalue weighted by molar-refractivity contribution is 6.07. The summed E-state index contributed by atoms with van der Waals surface area (Å²) in [5.74, 6) is -12.8. The van der Waals surface area contributed by atoms with E-state index in [0.29, 0.717) is 10.9 Å². The molecule has 0 bridgehead atoms. The van der Waals surface area contributed by atoms with Gasteiger partial charge in [-0.15, -0.1) is 0 Å². The van der Waals surface area contributed by atoms with Crippen LogP contribution in [0.3, 0.4) is 0 Å². The smallest absolute Gasteiger partial charge is 0.390 e. The van der Waals surface area contributed by atoms with Crippen LogP contribution in [0.15, 0.2) is 12.3 Å². The zero-order valence-corrected chi connectivity index (χ0v) is 18.0. The number of carbonyl (C=O) groups excluding carboxylic acids is 1. The molecule has 4 N–H and O–H groups in total. The second kappa shape index (κ2) is 7.94. The summed E-state index contributed by atoms with van der Waals surface area (Å²) in [6.07, 6.45) is -6.87. The second-order valence-corrected chi connectivity index (χ2v) is 8.15. The van der Waals surface area contributed by atoms with Crippen LogP contribution in [0.2, 0.25) is 0 Å². The number of halogens is 8. The van der Waals surface area contributed by atoms with Gasteiger partial charge in [0.05, 0.1) is 17.1 Å². The number of fused-ring (bicyclic) bond motifs is 2. The van der Waals surface area contributed by atoms with Gasteiger partial charge in [-0.3, -0.25) is 4.79 Å². The van der Waals surface area contributed by atoms with Gasteiger partial charge in [0.25, 0.3) is 5.92 Å². The number of pyridine rings is 1. The first-order chi connectivity index (χ1) is 16.5. The number of aliphatic hydroxyl groups is 1. The Hall–Kier alpha value is -3.63. The molecule has 0 radical (unpaired) electrons. The number of alkyl halides is 7. The van der Waals surface area contributed by atoms with Crippen molar-refractivity contribution in [1.82, 2.24) is 24.7 Å². The second-order valence-electron chi connectivity index (χ2n) is 8.15. The topological polar surface area (TPSA) is 132 Å². The lowest BCUT2D eigenvalue weighted by atomic mass is 9.78. The lowest BCUT2D eigenvalue weighted by molar-refractivity contribution is -0.285. The molecular weight excluding hydrogens is 510 g/mol. The number of hydrogen-bond donors (Lipinski definition) is 3. The minimum atomic E-state index is -5.82. The number of aromatic nitrogens is 5. The van der Waals surface area contributed by atoms with Gasteiger partial charge < -0.3 is 16.2 Å². The molecule has 1 atom stereocenters. The average molecular weight is 525 g/mol. The molecule has 1 unspecified atom stereocenters. The van der Waals surface area contributed by atoms with E-state index in [4.69, 9.17) is 10.8 Å². The minimum Gasteiger partial charge on any atom is -0.390 e. The van der Waals surface area contributed by atoms with Crippen molar-refractivity contribution >= 4 is 28.6 Å². The number of nitrogens with two attached hydrogens (primary N) is 1. The summed E-state index contributed by atoms with van der Waals surface area (Å²) in [6, 6.07) is 0.832. The van der Waals surface area contributed by atoms with Gasteiger partial charge in [0.15, 0.2) is 11.5 Å². The molecule has 0 aliphatic carbocycles. The number of aliphatic hydroxyl groups excluding tert-OH is 1. The number of amides is 1. The Bertz CT molecular complexity index is 1370. The van der Waals surface area contributed by atoms with E-state index in [1.165, 1.54) is 0 Å². The van der Waals surface area contributed by atoms with Gasteiger partial charge in [0.1, 0.15) is 35.2 Å². The Morgan fingerprint density at radius 3 is 2.44 bits per heavy atom. The van der Waals surface area contributed by atoms with Crippen molar-refractivity contribution < 1.29 is 45.0 Å². The van der Waals surface area contributed by atoms with Gasteiger partial charge in [-0.25, -0.2) is 32.8 Å². The number of rotatable bonds is 6. The lowest BCUT2D eigenvalue weighted by Crippen LogP contribution is -2.50. The summed E-state index contributed by atoms with van der Waals surface area (Å²) in [5, 5.41) is 14.9. The number of nitrogens with zero attached hydrogens (tertiary/aromatic N) is 5. The van der Waals surface area contributed by atoms with Gasteiger partial charge in [0, 0.05) is 13.0 Å². The van der Waals surface area contributed by atoms with E-state index in [0.717, 1.165) is 13.0 Å². The van der Waals surface area contributed by atoms with Crippen molar-refractivity contribution in [2.24, 2.45) is 0 Å². The number of hydrogen-bond acceptors (Lipinski definition) is 7. The summed E-state index contributed by atoms with van der Waals surface area (Å²) in [7, 11) is 0. The molecule has 0 spiro atoms. The molecule has 0 saturated carbocycles. The molecule has 0 aromatic carbocycles. The molecule has 1 aliphatic heterocycles. The first-order valence-corrected chi connectivity index (χ1v) is 9.98. The van der Waals surface area contributed by atoms with Gasteiger partial charge in [-0.2, -0.15) is 27.1 Å². The van der Waals surface area contributed by atoms with Crippen LogP contribution in [0.1, 0.15) is 18.9 Å². The maximum absolute atomic E-state index is 14.5. The zero-order chi connectivity index (χ0) is 26.8. The van der Waals surface area contributed by atoms with E-state index < -0.39 is 77.8 Å². The molecule has 3 aromatic rings. The van der Waals surface area contributed by atoms with Crippen molar-refractivity contribution in [3.05, 3.63) is 23.6 Å². The predicted octanol–water partition coefficient (Wildman–Crippen LogP) is 3.03. The quantitative estimate of drug-likeness (QED) is 0.422. The molecule has 0 fully saturated rings. The van der Waals surface area contributed by atoms with E-state index in [9.17, 15) is 39.9 Å². The highest BCUT2D eigenvalue weighted by atomic mass is 19.4. The Kier molecular flexibility index (Phi) is 5.62. The molecule has 3 aromatic heterocycles. The van der Waals surface area contributed by atoms with E-state index in [1.54, 1.807) is 0 Å².